The summed E-state index contributed by atoms with van der Waals surface area (Å²) >= 11 is 1.74. The molecule has 0 unspecified atom stereocenters. The van der Waals surface area contributed by atoms with Crippen molar-refractivity contribution in [2.75, 3.05) is 0 Å². The van der Waals surface area contributed by atoms with Gasteiger partial charge in [0.25, 0.3) is 0 Å². The number of hydrogen-bond acceptors (Lipinski definition) is 1. The minimum absolute atomic E-state index is 1.06. The molecular weight excluding hydrogens is 260 g/mol. The molecule has 0 aromatic heterocycles. The maximum atomic E-state index is 3.29. The quantitative estimate of drug-likeness (QED) is 0.524. The van der Waals surface area contributed by atoms with E-state index in [0.29, 0.717) is 0 Å². The third kappa shape index (κ3) is 4.99. The molecule has 0 aliphatic carbocycles. The van der Waals surface area contributed by atoms with E-state index < -0.39 is 0 Å². The number of thioether (sulfide) groups is 1. The summed E-state index contributed by atoms with van der Waals surface area (Å²) < 4.78 is 0. The fourth-order valence-electron chi connectivity index (χ4n) is 1.66. The third-order valence-corrected chi connectivity index (χ3v) is 3.69. The van der Waals surface area contributed by atoms with E-state index in [4.69, 9.17) is 0 Å². The van der Waals surface area contributed by atoms with Gasteiger partial charge in [0.15, 0.2) is 0 Å². The molecule has 1 heteroatoms. The molecule has 0 amide bonds. The summed E-state index contributed by atoms with van der Waals surface area (Å²) in [4.78, 5) is 2.36. The number of rotatable bonds is 4. The topological polar surface area (TPSA) is 0 Å². The van der Waals surface area contributed by atoms with Gasteiger partial charge in [-0.2, -0.15) is 0 Å². The van der Waals surface area contributed by atoms with Crippen LogP contribution < -0.4 is 0 Å². The summed E-state index contributed by atoms with van der Waals surface area (Å²) in [5.41, 5.74) is 1.06. The maximum absolute atomic E-state index is 3.29. The highest BCUT2D eigenvalue weighted by Gasteiger charge is 1.97. The molecule has 2 aromatic rings. The van der Waals surface area contributed by atoms with Gasteiger partial charge in [0, 0.05) is 10.5 Å². The first-order valence-electron chi connectivity index (χ1n) is 6.88. The first kappa shape index (κ1) is 14.5. The van der Waals surface area contributed by atoms with E-state index in [0.717, 1.165) is 23.3 Å². The molecule has 0 aliphatic rings. The van der Waals surface area contributed by atoms with Crippen LogP contribution in [0.15, 0.2) is 76.5 Å². The van der Waals surface area contributed by atoms with Crippen molar-refractivity contribution in [2.24, 2.45) is 0 Å². The van der Waals surface area contributed by atoms with E-state index in [1.807, 2.05) is 36.4 Å². The first-order chi connectivity index (χ1) is 9.88. The SMILES string of the molecule is CCC/C=C(\C#Cc1ccccc1)Sc1ccccc1. The molecule has 0 spiro atoms. The average Bonchev–Trinajstić information content (AvgIpc) is 2.52. The third-order valence-electron chi connectivity index (χ3n) is 2.69. The van der Waals surface area contributed by atoms with Gasteiger partial charge in [-0.15, -0.1) is 0 Å². The Hall–Kier alpha value is -1.91. The Morgan fingerprint density at radius 2 is 1.65 bits per heavy atom. The van der Waals surface area contributed by atoms with Crippen molar-refractivity contribution in [3.8, 4) is 11.8 Å². The van der Waals surface area contributed by atoms with E-state index in [9.17, 15) is 0 Å². The molecule has 20 heavy (non-hydrogen) atoms. The molecule has 0 saturated heterocycles. The molecule has 2 aromatic carbocycles. The van der Waals surface area contributed by atoms with E-state index in [1.165, 1.54) is 4.90 Å². The predicted octanol–water partition coefficient (Wildman–Crippen LogP) is 5.51. The van der Waals surface area contributed by atoms with E-state index in [-0.39, 0.29) is 0 Å². The lowest BCUT2D eigenvalue weighted by Gasteiger charge is -2.00. The molecule has 0 bridgehead atoms. The van der Waals surface area contributed by atoms with Crippen LogP contribution in [-0.4, -0.2) is 0 Å². The van der Waals surface area contributed by atoms with Gasteiger partial charge in [0.2, 0.25) is 0 Å². The van der Waals surface area contributed by atoms with Crippen LogP contribution in [0.25, 0.3) is 0 Å². The molecule has 0 N–H and O–H groups in total. The van der Waals surface area contributed by atoms with Gasteiger partial charge >= 0.3 is 0 Å². The molecule has 0 fully saturated rings. The largest absolute Gasteiger partial charge is 0.0812 e. The Balaban J connectivity index is 2.15. The van der Waals surface area contributed by atoms with Crippen LogP contribution in [0, 0.1) is 11.8 Å². The highest BCUT2D eigenvalue weighted by molar-refractivity contribution is 8.03. The van der Waals surface area contributed by atoms with Crippen molar-refractivity contribution in [2.45, 2.75) is 24.7 Å². The van der Waals surface area contributed by atoms with Gasteiger partial charge in [-0.25, -0.2) is 0 Å². The van der Waals surface area contributed by atoms with Crippen molar-refractivity contribution in [3.63, 3.8) is 0 Å². The van der Waals surface area contributed by atoms with Gasteiger partial charge in [-0.05, 0) is 30.7 Å². The lowest BCUT2D eigenvalue weighted by molar-refractivity contribution is 0.958. The monoisotopic (exact) mass is 278 g/mol. The van der Waals surface area contributed by atoms with Crippen LogP contribution in [0.2, 0.25) is 0 Å². The van der Waals surface area contributed by atoms with Gasteiger partial charge in [0.1, 0.15) is 0 Å². The highest BCUT2D eigenvalue weighted by atomic mass is 32.2. The maximum Gasteiger partial charge on any atom is 0.0585 e. The lowest BCUT2D eigenvalue weighted by atomic mass is 10.2. The van der Waals surface area contributed by atoms with Crippen LogP contribution in [0.4, 0.5) is 0 Å². The number of unbranched alkanes of at least 4 members (excludes halogenated alkanes) is 1. The lowest BCUT2D eigenvalue weighted by Crippen LogP contribution is -1.77. The predicted molar refractivity (Wildman–Crippen MR) is 88.6 cm³/mol. The van der Waals surface area contributed by atoms with Crippen molar-refractivity contribution in [1.29, 1.82) is 0 Å². The summed E-state index contributed by atoms with van der Waals surface area (Å²) in [5, 5.41) is 0. The molecule has 0 saturated carbocycles. The Labute approximate surface area is 125 Å². The summed E-state index contributed by atoms with van der Waals surface area (Å²) in [7, 11) is 0. The molecule has 0 nitrogen and oxygen atoms in total. The normalized spacial score (nSPS) is 10.8. The zero-order valence-electron chi connectivity index (χ0n) is 11.7. The average molecular weight is 278 g/mol. The Bertz CT molecular complexity index is 600. The van der Waals surface area contributed by atoms with E-state index in [2.05, 4.69) is 49.1 Å². The minimum atomic E-state index is 1.06. The van der Waals surface area contributed by atoms with Crippen LogP contribution in [0.1, 0.15) is 25.3 Å². The standard InChI is InChI=1S/C19H18S/c1-2-3-12-19(20-18-13-8-5-9-14-18)16-15-17-10-6-4-7-11-17/h4-14H,2-3H2,1H3/b19-12+. The first-order valence-corrected chi connectivity index (χ1v) is 7.70. The van der Waals surface area contributed by atoms with Crippen LogP contribution >= 0.6 is 11.8 Å². The van der Waals surface area contributed by atoms with Crippen molar-refractivity contribution in [3.05, 3.63) is 77.2 Å². The fourth-order valence-corrected chi connectivity index (χ4v) is 2.51. The van der Waals surface area contributed by atoms with Crippen LogP contribution in [0.5, 0.6) is 0 Å². The zero-order chi connectivity index (χ0) is 14.0. The molecule has 0 heterocycles. The van der Waals surface area contributed by atoms with Gasteiger partial charge in [0.05, 0.1) is 4.91 Å². The molecule has 0 atom stereocenters. The smallest absolute Gasteiger partial charge is 0.0585 e. The molecular formula is C19H18S. The Morgan fingerprint density at radius 1 is 1.00 bits per heavy atom. The van der Waals surface area contributed by atoms with E-state index in [1.54, 1.807) is 11.8 Å². The molecule has 0 aliphatic heterocycles. The van der Waals surface area contributed by atoms with Gasteiger partial charge < -0.3 is 0 Å². The van der Waals surface area contributed by atoms with E-state index >= 15 is 0 Å². The zero-order valence-corrected chi connectivity index (χ0v) is 12.5. The molecule has 2 rings (SSSR count). The van der Waals surface area contributed by atoms with Crippen molar-refractivity contribution in [1.82, 2.24) is 0 Å². The number of allylic oxidation sites excluding steroid dienone is 2. The fraction of sp³-hybridized carbons (Fsp3) is 0.158. The van der Waals surface area contributed by atoms with Crippen LogP contribution in [0.3, 0.4) is 0 Å². The Kier molecular flexibility index (Phi) is 6.02. The summed E-state index contributed by atoms with van der Waals surface area (Å²) in [5.74, 6) is 6.53. The van der Waals surface area contributed by atoms with Crippen molar-refractivity contribution >= 4 is 11.8 Å². The van der Waals surface area contributed by atoms with Crippen LogP contribution in [-0.2, 0) is 0 Å². The van der Waals surface area contributed by atoms with Gasteiger partial charge in [-0.1, -0.05) is 79.4 Å². The van der Waals surface area contributed by atoms with Crippen molar-refractivity contribution < 1.29 is 0 Å². The second-order valence-electron chi connectivity index (χ2n) is 4.39. The van der Waals surface area contributed by atoms with Gasteiger partial charge in [-0.3, -0.25) is 0 Å². The summed E-state index contributed by atoms with van der Waals surface area (Å²) in [6.07, 6.45) is 4.44. The second-order valence-corrected chi connectivity index (χ2v) is 5.50. The summed E-state index contributed by atoms with van der Waals surface area (Å²) in [6, 6.07) is 20.5. The summed E-state index contributed by atoms with van der Waals surface area (Å²) in [6.45, 7) is 2.19. The molecule has 0 radical (unpaired) electrons. The highest BCUT2D eigenvalue weighted by Crippen LogP contribution is 2.26. The number of hydrogen-bond donors (Lipinski definition) is 0. The second kappa shape index (κ2) is 8.30. The Morgan fingerprint density at radius 3 is 2.30 bits per heavy atom. The molecule has 100 valence electrons. The minimum Gasteiger partial charge on any atom is -0.0812 e. The number of benzene rings is 2.